The Balaban J connectivity index is 1.71. The van der Waals surface area contributed by atoms with Crippen LogP contribution < -0.4 is 10.0 Å². The first-order valence-electron chi connectivity index (χ1n) is 8.77. The molecule has 2 N–H and O–H groups in total. The molecule has 1 aromatic heterocycles. The molecule has 0 saturated heterocycles. The normalized spacial score (nSPS) is 16.8. The Morgan fingerprint density at radius 2 is 2.19 bits per heavy atom. The smallest absolute Gasteiger partial charge is 0.257 e. The molecule has 26 heavy (non-hydrogen) atoms. The number of hydrogen-bond acceptors (Lipinski definition) is 5. The van der Waals surface area contributed by atoms with Crippen LogP contribution in [0.2, 0.25) is 0 Å². The third kappa shape index (κ3) is 4.62. The molecule has 8 heteroatoms. The molecule has 1 aliphatic carbocycles. The van der Waals surface area contributed by atoms with Gasteiger partial charge in [0.05, 0.1) is 11.4 Å². The molecular weight excluding hydrogens is 370 g/mol. The van der Waals surface area contributed by atoms with E-state index in [-0.39, 0.29) is 11.7 Å². The van der Waals surface area contributed by atoms with Gasteiger partial charge in [-0.15, -0.1) is 11.3 Å². The van der Waals surface area contributed by atoms with E-state index in [1.165, 1.54) is 22.3 Å². The summed E-state index contributed by atoms with van der Waals surface area (Å²) in [5, 5.41) is 3.44. The summed E-state index contributed by atoms with van der Waals surface area (Å²) in [6.45, 7) is 4.03. The SMILES string of the molecule is CCCS(=O)(=O)Nc1cccc(C(=O)Nc2nc3c(s2)C[C@H](C)CC3)c1. The van der Waals surface area contributed by atoms with Gasteiger partial charge in [0.2, 0.25) is 10.0 Å². The fraction of sp³-hybridized carbons (Fsp3) is 0.444. The molecule has 0 unspecified atom stereocenters. The second-order valence-corrected chi connectivity index (χ2v) is 9.62. The molecule has 0 fully saturated rings. The minimum Gasteiger partial charge on any atom is -0.298 e. The van der Waals surface area contributed by atoms with E-state index in [0.717, 1.165) is 25.0 Å². The molecule has 1 aliphatic rings. The number of benzene rings is 1. The molecule has 1 amide bonds. The van der Waals surface area contributed by atoms with Crippen molar-refractivity contribution in [3.8, 4) is 0 Å². The third-order valence-electron chi connectivity index (χ3n) is 4.28. The largest absolute Gasteiger partial charge is 0.298 e. The number of thiazole rings is 1. The Bertz CT molecular complexity index is 906. The number of hydrogen-bond donors (Lipinski definition) is 2. The zero-order chi connectivity index (χ0) is 18.7. The molecule has 1 atom stereocenters. The maximum atomic E-state index is 12.5. The molecule has 1 aromatic carbocycles. The monoisotopic (exact) mass is 393 g/mol. The van der Waals surface area contributed by atoms with Gasteiger partial charge in [-0.1, -0.05) is 19.9 Å². The standard InChI is InChI=1S/C18H23N3O3S2/c1-3-9-26(23,24)21-14-6-4-5-13(11-14)17(22)20-18-19-15-8-7-12(2)10-16(15)25-18/h4-6,11-12,21H,3,7-10H2,1-2H3,(H,19,20,22)/t12-/m1/s1. The number of anilines is 2. The van der Waals surface area contributed by atoms with Crippen LogP contribution in [0.15, 0.2) is 24.3 Å². The van der Waals surface area contributed by atoms with E-state index in [4.69, 9.17) is 0 Å². The number of aromatic nitrogens is 1. The maximum absolute atomic E-state index is 12.5. The quantitative estimate of drug-likeness (QED) is 0.784. The van der Waals surface area contributed by atoms with Gasteiger partial charge in [-0.3, -0.25) is 14.8 Å². The number of nitrogens with one attached hydrogen (secondary N) is 2. The van der Waals surface area contributed by atoms with Gasteiger partial charge < -0.3 is 0 Å². The summed E-state index contributed by atoms with van der Waals surface area (Å²) in [5.74, 6) is 0.409. The summed E-state index contributed by atoms with van der Waals surface area (Å²) in [7, 11) is -3.39. The number of rotatable bonds is 6. The number of amides is 1. The van der Waals surface area contributed by atoms with Crippen LogP contribution in [0.5, 0.6) is 0 Å². The highest BCUT2D eigenvalue weighted by Gasteiger charge is 2.21. The van der Waals surface area contributed by atoms with Gasteiger partial charge in [0, 0.05) is 16.1 Å². The number of carbonyl (C=O) groups excluding carboxylic acids is 1. The Kier molecular flexibility index (Phi) is 5.62. The molecule has 0 spiro atoms. The van der Waals surface area contributed by atoms with Gasteiger partial charge in [0.15, 0.2) is 5.13 Å². The maximum Gasteiger partial charge on any atom is 0.257 e. The second-order valence-electron chi connectivity index (χ2n) is 6.69. The number of aryl methyl sites for hydroxylation is 1. The summed E-state index contributed by atoms with van der Waals surface area (Å²) in [6.07, 6.45) is 3.63. The highest BCUT2D eigenvalue weighted by Crippen LogP contribution is 2.32. The van der Waals surface area contributed by atoms with Gasteiger partial charge in [0.25, 0.3) is 5.91 Å². The van der Waals surface area contributed by atoms with E-state index in [0.29, 0.717) is 28.7 Å². The zero-order valence-electron chi connectivity index (χ0n) is 14.9. The average molecular weight is 394 g/mol. The number of sulfonamides is 1. The van der Waals surface area contributed by atoms with Crippen molar-refractivity contribution in [2.45, 2.75) is 39.5 Å². The lowest BCUT2D eigenvalue weighted by molar-refractivity contribution is 0.102. The first-order valence-corrected chi connectivity index (χ1v) is 11.2. The van der Waals surface area contributed by atoms with E-state index >= 15 is 0 Å². The molecule has 1 heterocycles. The van der Waals surface area contributed by atoms with E-state index in [1.54, 1.807) is 25.1 Å². The van der Waals surface area contributed by atoms with Crippen LogP contribution in [-0.4, -0.2) is 25.1 Å². The number of carbonyl (C=O) groups is 1. The Labute approximate surface area is 158 Å². The van der Waals surface area contributed by atoms with Crippen LogP contribution in [0.3, 0.4) is 0 Å². The van der Waals surface area contributed by atoms with Crippen LogP contribution >= 0.6 is 11.3 Å². The fourth-order valence-electron chi connectivity index (χ4n) is 2.99. The van der Waals surface area contributed by atoms with Crippen LogP contribution in [0.4, 0.5) is 10.8 Å². The van der Waals surface area contributed by atoms with Crippen LogP contribution in [-0.2, 0) is 22.9 Å². The molecule has 0 aliphatic heterocycles. The Morgan fingerprint density at radius 1 is 1.38 bits per heavy atom. The summed E-state index contributed by atoms with van der Waals surface area (Å²) in [5.41, 5.74) is 1.87. The highest BCUT2D eigenvalue weighted by atomic mass is 32.2. The number of fused-ring (bicyclic) bond motifs is 1. The Morgan fingerprint density at radius 3 is 2.96 bits per heavy atom. The van der Waals surface area contributed by atoms with Crippen molar-refractivity contribution in [3.63, 3.8) is 0 Å². The minimum absolute atomic E-state index is 0.0481. The third-order valence-corrected chi connectivity index (χ3v) is 6.81. The van der Waals surface area contributed by atoms with Gasteiger partial charge in [-0.25, -0.2) is 13.4 Å². The lowest BCUT2D eigenvalue weighted by Gasteiger charge is -2.15. The molecule has 140 valence electrons. The van der Waals surface area contributed by atoms with Gasteiger partial charge in [-0.05, 0) is 49.8 Å². The van der Waals surface area contributed by atoms with E-state index in [2.05, 4.69) is 21.9 Å². The first kappa shape index (κ1) is 18.8. The minimum atomic E-state index is -3.39. The van der Waals surface area contributed by atoms with Gasteiger partial charge in [0.1, 0.15) is 0 Å². The lowest BCUT2D eigenvalue weighted by atomic mass is 9.93. The molecular formula is C18H23N3O3S2. The molecule has 3 rings (SSSR count). The van der Waals surface area contributed by atoms with Crippen LogP contribution in [0, 0.1) is 5.92 Å². The van der Waals surface area contributed by atoms with Crippen molar-refractivity contribution in [3.05, 3.63) is 40.4 Å². The summed E-state index contributed by atoms with van der Waals surface area (Å²) < 4.78 is 26.3. The van der Waals surface area contributed by atoms with E-state index < -0.39 is 10.0 Å². The van der Waals surface area contributed by atoms with Crippen molar-refractivity contribution in [1.29, 1.82) is 0 Å². The van der Waals surface area contributed by atoms with Crippen molar-refractivity contribution in [1.82, 2.24) is 4.98 Å². The second kappa shape index (κ2) is 7.75. The highest BCUT2D eigenvalue weighted by molar-refractivity contribution is 7.92. The summed E-state index contributed by atoms with van der Waals surface area (Å²) >= 11 is 1.53. The van der Waals surface area contributed by atoms with Crippen molar-refractivity contribution in [2.75, 3.05) is 15.8 Å². The van der Waals surface area contributed by atoms with E-state index in [9.17, 15) is 13.2 Å². The molecule has 0 radical (unpaired) electrons. The predicted octanol–water partition coefficient (Wildman–Crippen LogP) is 3.67. The van der Waals surface area contributed by atoms with E-state index in [1.807, 2.05) is 0 Å². The molecule has 0 bridgehead atoms. The summed E-state index contributed by atoms with van der Waals surface area (Å²) in [4.78, 5) is 18.3. The predicted molar refractivity (Wildman–Crippen MR) is 105 cm³/mol. The van der Waals surface area contributed by atoms with Gasteiger partial charge >= 0.3 is 0 Å². The topological polar surface area (TPSA) is 88.2 Å². The molecule has 6 nitrogen and oxygen atoms in total. The van der Waals surface area contributed by atoms with Crippen molar-refractivity contribution in [2.24, 2.45) is 5.92 Å². The summed E-state index contributed by atoms with van der Waals surface area (Å²) in [6, 6.07) is 6.49. The van der Waals surface area contributed by atoms with Gasteiger partial charge in [-0.2, -0.15) is 0 Å². The first-order chi connectivity index (χ1) is 12.4. The molecule has 0 saturated carbocycles. The van der Waals surface area contributed by atoms with Crippen LogP contribution in [0.1, 0.15) is 47.6 Å². The van der Waals surface area contributed by atoms with Crippen molar-refractivity contribution < 1.29 is 13.2 Å². The van der Waals surface area contributed by atoms with Crippen LogP contribution in [0.25, 0.3) is 0 Å². The van der Waals surface area contributed by atoms with Crippen molar-refractivity contribution >= 4 is 38.1 Å². The average Bonchev–Trinajstić information content (AvgIpc) is 2.95. The fourth-order valence-corrected chi connectivity index (χ4v) is 5.28. The Hall–Kier alpha value is -1.93. The molecule has 2 aromatic rings. The number of nitrogens with zero attached hydrogens (tertiary/aromatic N) is 1. The lowest BCUT2D eigenvalue weighted by Crippen LogP contribution is -2.17. The zero-order valence-corrected chi connectivity index (χ0v) is 16.5.